The van der Waals surface area contributed by atoms with Crippen molar-refractivity contribution in [2.24, 2.45) is 7.05 Å². The number of ether oxygens (including phenoxy) is 1. The van der Waals surface area contributed by atoms with E-state index in [-0.39, 0.29) is 23.3 Å². The van der Waals surface area contributed by atoms with Crippen LogP contribution in [-0.4, -0.2) is 49.1 Å². The SMILES string of the molecule is CCS(=O)(=O)Oc1nn(C)cc1C(=O)NCC1CCCO1. The van der Waals surface area contributed by atoms with Crippen LogP contribution in [0.3, 0.4) is 0 Å². The summed E-state index contributed by atoms with van der Waals surface area (Å²) in [4.78, 5) is 12.1. The van der Waals surface area contributed by atoms with Crippen molar-refractivity contribution in [3.05, 3.63) is 11.8 Å². The Labute approximate surface area is 123 Å². The molecular formula is C12H19N3O5S. The Morgan fingerprint density at radius 2 is 2.38 bits per heavy atom. The van der Waals surface area contributed by atoms with Crippen LogP contribution < -0.4 is 9.50 Å². The van der Waals surface area contributed by atoms with E-state index >= 15 is 0 Å². The predicted octanol–water partition coefficient (Wildman–Crippen LogP) is 0.0574. The molecule has 0 radical (unpaired) electrons. The first kappa shape index (κ1) is 15.8. The fourth-order valence-corrected chi connectivity index (χ4v) is 2.45. The fraction of sp³-hybridized carbons (Fsp3) is 0.667. The normalized spacial score (nSPS) is 18.7. The minimum absolute atomic E-state index is 0.00867. The molecule has 1 amide bonds. The molecule has 2 heterocycles. The average Bonchev–Trinajstić information content (AvgIpc) is 3.05. The third kappa shape index (κ3) is 4.18. The highest BCUT2D eigenvalue weighted by atomic mass is 32.2. The minimum atomic E-state index is -3.73. The van der Waals surface area contributed by atoms with E-state index < -0.39 is 16.0 Å². The second-order valence-corrected chi connectivity index (χ2v) is 6.66. The number of carbonyl (C=O) groups excluding carboxylic acids is 1. The molecule has 1 N–H and O–H groups in total. The molecule has 0 bridgehead atoms. The third-order valence-electron chi connectivity index (χ3n) is 3.11. The molecule has 8 nitrogen and oxygen atoms in total. The number of aryl methyl sites for hydroxylation is 1. The lowest BCUT2D eigenvalue weighted by atomic mass is 10.2. The maximum absolute atomic E-state index is 12.1. The number of aromatic nitrogens is 2. The van der Waals surface area contributed by atoms with Gasteiger partial charge in [-0.1, -0.05) is 0 Å². The Kier molecular flexibility index (Phi) is 4.84. The van der Waals surface area contributed by atoms with Crippen molar-refractivity contribution in [1.82, 2.24) is 15.1 Å². The van der Waals surface area contributed by atoms with Crippen molar-refractivity contribution in [3.8, 4) is 5.88 Å². The Hall–Kier alpha value is -1.61. The van der Waals surface area contributed by atoms with E-state index in [1.165, 1.54) is 17.8 Å². The quantitative estimate of drug-likeness (QED) is 0.745. The molecule has 21 heavy (non-hydrogen) atoms. The number of rotatable bonds is 6. The van der Waals surface area contributed by atoms with Crippen LogP contribution in [-0.2, 0) is 21.9 Å². The van der Waals surface area contributed by atoms with Crippen LogP contribution in [0.1, 0.15) is 30.1 Å². The number of nitrogens with zero attached hydrogens (tertiary/aromatic N) is 2. The maximum Gasteiger partial charge on any atom is 0.310 e. The molecule has 1 saturated heterocycles. The summed E-state index contributed by atoms with van der Waals surface area (Å²) in [6.45, 7) is 2.54. The molecule has 0 aliphatic carbocycles. The average molecular weight is 317 g/mol. The van der Waals surface area contributed by atoms with E-state index in [0.29, 0.717) is 13.2 Å². The van der Waals surface area contributed by atoms with Gasteiger partial charge in [0.1, 0.15) is 5.56 Å². The van der Waals surface area contributed by atoms with Gasteiger partial charge >= 0.3 is 10.1 Å². The van der Waals surface area contributed by atoms with Gasteiger partial charge in [0.25, 0.3) is 11.8 Å². The molecule has 1 unspecified atom stereocenters. The lowest BCUT2D eigenvalue weighted by Gasteiger charge is -2.10. The summed E-state index contributed by atoms with van der Waals surface area (Å²) >= 11 is 0. The molecular weight excluding hydrogens is 298 g/mol. The zero-order valence-electron chi connectivity index (χ0n) is 12.0. The number of hydrogen-bond acceptors (Lipinski definition) is 6. The largest absolute Gasteiger partial charge is 0.376 e. The smallest absolute Gasteiger partial charge is 0.310 e. The summed E-state index contributed by atoms with van der Waals surface area (Å²) < 4.78 is 34.6. The van der Waals surface area contributed by atoms with Gasteiger partial charge in [-0.25, -0.2) is 0 Å². The van der Waals surface area contributed by atoms with Crippen LogP contribution in [0.2, 0.25) is 0 Å². The van der Waals surface area contributed by atoms with Gasteiger partial charge in [-0.15, -0.1) is 5.10 Å². The second kappa shape index (κ2) is 6.44. The molecule has 0 aromatic carbocycles. The van der Waals surface area contributed by atoms with Gasteiger partial charge in [-0.2, -0.15) is 8.42 Å². The molecule has 0 spiro atoms. The van der Waals surface area contributed by atoms with Crippen molar-refractivity contribution in [3.63, 3.8) is 0 Å². The highest BCUT2D eigenvalue weighted by Crippen LogP contribution is 2.18. The molecule has 0 saturated carbocycles. The van der Waals surface area contributed by atoms with Gasteiger partial charge < -0.3 is 14.2 Å². The van der Waals surface area contributed by atoms with Crippen LogP contribution in [0.4, 0.5) is 0 Å². The molecule has 1 aromatic rings. The summed E-state index contributed by atoms with van der Waals surface area (Å²) in [6, 6.07) is 0. The number of nitrogens with one attached hydrogen (secondary N) is 1. The van der Waals surface area contributed by atoms with Crippen LogP contribution in [0.5, 0.6) is 5.88 Å². The summed E-state index contributed by atoms with van der Waals surface area (Å²) in [5.74, 6) is -0.829. The number of hydrogen-bond donors (Lipinski definition) is 1. The Morgan fingerprint density at radius 1 is 1.62 bits per heavy atom. The van der Waals surface area contributed by atoms with E-state index in [2.05, 4.69) is 10.4 Å². The zero-order valence-corrected chi connectivity index (χ0v) is 12.9. The first-order chi connectivity index (χ1) is 9.91. The second-order valence-electron chi connectivity index (χ2n) is 4.80. The highest BCUT2D eigenvalue weighted by Gasteiger charge is 2.23. The lowest BCUT2D eigenvalue weighted by molar-refractivity contribution is 0.0856. The van der Waals surface area contributed by atoms with Crippen molar-refractivity contribution in [2.75, 3.05) is 18.9 Å². The first-order valence-electron chi connectivity index (χ1n) is 6.77. The maximum atomic E-state index is 12.1. The highest BCUT2D eigenvalue weighted by molar-refractivity contribution is 7.87. The minimum Gasteiger partial charge on any atom is -0.376 e. The topological polar surface area (TPSA) is 99.5 Å². The molecule has 1 aliphatic heterocycles. The lowest BCUT2D eigenvalue weighted by Crippen LogP contribution is -2.32. The van der Waals surface area contributed by atoms with Gasteiger partial charge in [-0.3, -0.25) is 9.48 Å². The van der Waals surface area contributed by atoms with E-state index in [9.17, 15) is 13.2 Å². The van der Waals surface area contributed by atoms with Gasteiger partial charge in [0, 0.05) is 26.4 Å². The van der Waals surface area contributed by atoms with Crippen molar-refractivity contribution < 1.29 is 22.1 Å². The van der Waals surface area contributed by atoms with Crippen molar-refractivity contribution >= 4 is 16.0 Å². The van der Waals surface area contributed by atoms with Gasteiger partial charge in [0.15, 0.2) is 0 Å². The van der Waals surface area contributed by atoms with E-state index in [1.807, 2.05) is 0 Å². The summed E-state index contributed by atoms with van der Waals surface area (Å²) in [6.07, 6.45) is 3.32. The number of carbonyl (C=O) groups is 1. The molecule has 1 fully saturated rings. The van der Waals surface area contributed by atoms with Crippen LogP contribution >= 0.6 is 0 Å². The fourth-order valence-electron chi connectivity index (χ4n) is 1.97. The standard InChI is InChI=1S/C12H19N3O5S/c1-3-21(17,18)20-12-10(8-15(2)14-12)11(16)13-7-9-5-4-6-19-9/h8-9H,3-7H2,1-2H3,(H,13,16). The molecule has 1 aliphatic rings. The van der Waals surface area contributed by atoms with Crippen molar-refractivity contribution in [2.45, 2.75) is 25.9 Å². The first-order valence-corrected chi connectivity index (χ1v) is 8.34. The number of amides is 1. The Bertz CT molecular complexity index is 604. The molecule has 118 valence electrons. The van der Waals surface area contributed by atoms with E-state index in [4.69, 9.17) is 8.92 Å². The monoisotopic (exact) mass is 317 g/mol. The van der Waals surface area contributed by atoms with Crippen molar-refractivity contribution in [1.29, 1.82) is 0 Å². The van der Waals surface area contributed by atoms with Gasteiger partial charge in [0.2, 0.25) is 0 Å². The van der Waals surface area contributed by atoms with Gasteiger partial charge in [-0.05, 0) is 19.8 Å². The third-order valence-corrected chi connectivity index (χ3v) is 4.23. The Morgan fingerprint density at radius 3 is 3.00 bits per heavy atom. The van der Waals surface area contributed by atoms with Crippen LogP contribution in [0.25, 0.3) is 0 Å². The molecule has 9 heteroatoms. The summed E-state index contributed by atoms with van der Waals surface area (Å²) in [5.41, 5.74) is 0.0903. The molecule has 1 atom stereocenters. The van der Waals surface area contributed by atoms with Gasteiger partial charge in [0.05, 0.1) is 11.9 Å². The van der Waals surface area contributed by atoms with Crippen LogP contribution in [0.15, 0.2) is 6.20 Å². The molecule has 1 aromatic heterocycles. The predicted molar refractivity (Wildman–Crippen MR) is 74.6 cm³/mol. The Balaban J connectivity index is 2.05. The van der Waals surface area contributed by atoms with Crippen LogP contribution in [0, 0.1) is 0 Å². The van der Waals surface area contributed by atoms with E-state index in [0.717, 1.165) is 12.8 Å². The summed E-state index contributed by atoms with van der Waals surface area (Å²) in [7, 11) is -2.14. The zero-order chi connectivity index (χ0) is 15.5. The summed E-state index contributed by atoms with van der Waals surface area (Å²) in [5, 5.41) is 6.57. The van der Waals surface area contributed by atoms with E-state index in [1.54, 1.807) is 7.05 Å². The molecule has 2 rings (SSSR count).